The smallest absolute Gasteiger partial charge is 0.270 e. The maximum absolute atomic E-state index is 13.2. The number of rotatable bonds is 5. The number of nitrogens with one attached hydrogen (secondary N) is 1. The van der Waals surface area contributed by atoms with E-state index in [-0.39, 0.29) is 16.6 Å². The molecule has 5 rings (SSSR count). The van der Waals surface area contributed by atoms with Crippen LogP contribution < -0.4 is 10.2 Å². The van der Waals surface area contributed by atoms with Crippen molar-refractivity contribution in [2.75, 3.05) is 4.90 Å². The molecule has 6 nitrogen and oxygen atoms in total. The quantitative estimate of drug-likeness (QED) is 0.244. The third kappa shape index (κ3) is 5.46. The molecule has 0 aromatic heterocycles. The second kappa shape index (κ2) is 11.0. The number of nitrogens with zero attached hydrogens (tertiary/aromatic N) is 2. The molecule has 3 aromatic rings. The molecule has 2 saturated heterocycles. The van der Waals surface area contributed by atoms with Crippen LogP contribution in [0.1, 0.15) is 16.7 Å². The Labute approximate surface area is 239 Å². The summed E-state index contributed by atoms with van der Waals surface area (Å²) in [5.41, 5.74) is 2.87. The molecular formula is C28H18ClN3O3S3. The molecule has 0 atom stereocenters. The van der Waals surface area contributed by atoms with Gasteiger partial charge in [-0.25, -0.2) is 0 Å². The second-order valence-electron chi connectivity index (χ2n) is 8.35. The number of halogens is 1. The summed E-state index contributed by atoms with van der Waals surface area (Å²) in [6.45, 7) is 0.419. The molecule has 2 fully saturated rings. The van der Waals surface area contributed by atoms with E-state index in [1.807, 2.05) is 42.5 Å². The normalized spacial score (nSPS) is 18.1. The van der Waals surface area contributed by atoms with Crippen molar-refractivity contribution >= 4 is 92.8 Å². The number of hydrogen-bond acceptors (Lipinski definition) is 6. The lowest BCUT2D eigenvalue weighted by molar-refractivity contribution is -0.123. The zero-order chi connectivity index (χ0) is 26.8. The highest BCUT2D eigenvalue weighted by Gasteiger charge is 2.34. The maximum Gasteiger partial charge on any atom is 0.270 e. The Balaban J connectivity index is 1.34. The van der Waals surface area contributed by atoms with Gasteiger partial charge in [-0.15, -0.1) is 0 Å². The summed E-state index contributed by atoms with van der Waals surface area (Å²) in [4.78, 5) is 42.1. The van der Waals surface area contributed by atoms with E-state index in [4.69, 9.17) is 36.0 Å². The van der Waals surface area contributed by atoms with E-state index < -0.39 is 11.8 Å². The van der Waals surface area contributed by atoms with E-state index in [0.29, 0.717) is 32.0 Å². The minimum atomic E-state index is -0.573. The van der Waals surface area contributed by atoms with Gasteiger partial charge in [0.15, 0.2) is 5.11 Å². The molecule has 2 aliphatic rings. The van der Waals surface area contributed by atoms with Gasteiger partial charge >= 0.3 is 0 Å². The van der Waals surface area contributed by atoms with E-state index >= 15 is 0 Å². The first kappa shape index (κ1) is 26.0. The molecule has 1 N–H and O–H groups in total. The molecule has 38 heavy (non-hydrogen) atoms. The number of anilines is 1. The van der Waals surface area contributed by atoms with E-state index in [1.165, 1.54) is 22.7 Å². The van der Waals surface area contributed by atoms with Crippen LogP contribution in [0.4, 0.5) is 5.69 Å². The molecule has 2 heterocycles. The number of thioether (sulfide) groups is 1. The predicted molar refractivity (Wildman–Crippen MR) is 159 cm³/mol. The molecule has 2 aliphatic heterocycles. The molecule has 0 radical (unpaired) electrons. The largest absolute Gasteiger partial charge is 0.298 e. The topological polar surface area (TPSA) is 69.7 Å². The number of hydrogen-bond donors (Lipinski definition) is 1. The van der Waals surface area contributed by atoms with Gasteiger partial charge in [0.2, 0.25) is 0 Å². The molecule has 0 spiro atoms. The number of benzene rings is 3. The van der Waals surface area contributed by atoms with Gasteiger partial charge in [0, 0.05) is 5.02 Å². The van der Waals surface area contributed by atoms with Crippen molar-refractivity contribution < 1.29 is 14.4 Å². The summed E-state index contributed by atoms with van der Waals surface area (Å²) >= 11 is 17.9. The van der Waals surface area contributed by atoms with Crippen LogP contribution in [0.2, 0.25) is 5.02 Å². The fourth-order valence-electron chi connectivity index (χ4n) is 3.89. The van der Waals surface area contributed by atoms with Gasteiger partial charge in [0.1, 0.15) is 9.89 Å². The van der Waals surface area contributed by atoms with Crippen LogP contribution in [0.5, 0.6) is 0 Å². The number of carbonyl (C=O) groups excluding carboxylic acids is 3. The van der Waals surface area contributed by atoms with Crippen molar-refractivity contribution in [3.05, 3.63) is 111 Å². The third-order valence-electron chi connectivity index (χ3n) is 5.79. The van der Waals surface area contributed by atoms with Crippen LogP contribution in [0, 0.1) is 0 Å². The van der Waals surface area contributed by atoms with Crippen LogP contribution in [0.3, 0.4) is 0 Å². The Hall–Kier alpha value is -3.63. The molecule has 0 bridgehead atoms. The van der Waals surface area contributed by atoms with Gasteiger partial charge in [-0.2, -0.15) is 0 Å². The van der Waals surface area contributed by atoms with Gasteiger partial charge in [0.05, 0.1) is 17.1 Å². The fraction of sp³-hybridized carbons (Fsp3) is 0.0357. The van der Waals surface area contributed by atoms with E-state index in [1.54, 1.807) is 47.4 Å². The van der Waals surface area contributed by atoms with Gasteiger partial charge in [-0.3, -0.25) is 29.5 Å². The van der Waals surface area contributed by atoms with Crippen LogP contribution in [0.15, 0.2) is 89.3 Å². The minimum Gasteiger partial charge on any atom is -0.298 e. The standard InChI is InChI=1S/C28H18ClN3O3S3/c29-20-10-12-21(13-11-20)32-25(34)22(24(33)30-27(32)36)14-17-6-8-18(9-7-17)15-23-26(35)31(28(37)38-23)16-19-4-2-1-3-5-19/h1-15H,16H2,(H,30,33,36)/b22-14+,23-15-. The first-order chi connectivity index (χ1) is 18.3. The molecule has 0 aliphatic carbocycles. The van der Waals surface area contributed by atoms with Crippen molar-refractivity contribution in [3.8, 4) is 0 Å². The van der Waals surface area contributed by atoms with Crippen molar-refractivity contribution in [2.45, 2.75) is 6.54 Å². The first-order valence-electron chi connectivity index (χ1n) is 11.4. The van der Waals surface area contributed by atoms with Gasteiger partial charge < -0.3 is 0 Å². The van der Waals surface area contributed by atoms with Crippen LogP contribution in [0.25, 0.3) is 12.2 Å². The van der Waals surface area contributed by atoms with Crippen LogP contribution in [-0.4, -0.2) is 32.1 Å². The average Bonchev–Trinajstić information content (AvgIpc) is 3.16. The summed E-state index contributed by atoms with van der Waals surface area (Å²) in [6, 6.07) is 23.4. The predicted octanol–water partition coefficient (Wildman–Crippen LogP) is 5.57. The Morgan fingerprint density at radius 3 is 2.11 bits per heavy atom. The molecule has 0 unspecified atom stereocenters. The summed E-state index contributed by atoms with van der Waals surface area (Å²) in [6.07, 6.45) is 3.28. The lowest BCUT2D eigenvalue weighted by Crippen LogP contribution is -2.54. The van der Waals surface area contributed by atoms with E-state index in [9.17, 15) is 14.4 Å². The van der Waals surface area contributed by atoms with Crippen molar-refractivity contribution in [1.82, 2.24) is 10.2 Å². The Morgan fingerprint density at radius 2 is 1.45 bits per heavy atom. The molecule has 188 valence electrons. The first-order valence-corrected chi connectivity index (χ1v) is 13.4. The summed E-state index contributed by atoms with van der Waals surface area (Å²) in [5, 5.41) is 3.08. The third-order valence-corrected chi connectivity index (χ3v) is 7.70. The lowest BCUT2D eigenvalue weighted by atomic mass is 10.1. The Bertz CT molecular complexity index is 1540. The van der Waals surface area contributed by atoms with Crippen LogP contribution >= 0.6 is 47.8 Å². The maximum atomic E-state index is 13.2. The summed E-state index contributed by atoms with van der Waals surface area (Å²) in [7, 11) is 0. The highest BCUT2D eigenvalue weighted by Crippen LogP contribution is 2.33. The SMILES string of the molecule is O=C1NC(=S)N(c2ccc(Cl)cc2)C(=O)/C1=C/c1ccc(/C=C2\SC(=S)N(Cc3ccccc3)C2=O)cc1. The van der Waals surface area contributed by atoms with Crippen molar-refractivity contribution in [3.63, 3.8) is 0 Å². The van der Waals surface area contributed by atoms with E-state index in [0.717, 1.165) is 11.1 Å². The highest BCUT2D eigenvalue weighted by atomic mass is 35.5. The molecular weight excluding hydrogens is 558 g/mol. The second-order valence-corrected chi connectivity index (χ2v) is 10.9. The van der Waals surface area contributed by atoms with Crippen molar-refractivity contribution in [1.29, 1.82) is 0 Å². The molecule has 0 saturated carbocycles. The Morgan fingerprint density at radius 1 is 0.816 bits per heavy atom. The number of amides is 3. The lowest BCUT2D eigenvalue weighted by Gasteiger charge is -2.28. The number of thiocarbonyl (C=S) groups is 2. The van der Waals surface area contributed by atoms with Crippen molar-refractivity contribution in [2.24, 2.45) is 0 Å². The molecule has 3 aromatic carbocycles. The van der Waals surface area contributed by atoms with Crippen LogP contribution in [-0.2, 0) is 20.9 Å². The molecule has 3 amide bonds. The fourth-order valence-corrected chi connectivity index (χ4v) is 5.55. The monoisotopic (exact) mass is 575 g/mol. The zero-order valence-corrected chi connectivity index (χ0v) is 22.8. The highest BCUT2D eigenvalue weighted by molar-refractivity contribution is 8.26. The minimum absolute atomic E-state index is 0.000557. The Kier molecular flexibility index (Phi) is 7.53. The number of carbonyl (C=O) groups is 3. The van der Waals surface area contributed by atoms with E-state index in [2.05, 4.69) is 5.32 Å². The van der Waals surface area contributed by atoms with Gasteiger partial charge in [-0.05, 0) is 65.3 Å². The van der Waals surface area contributed by atoms with Gasteiger partial charge in [0.25, 0.3) is 17.7 Å². The average molecular weight is 576 g/mol. The van der Waals surface area contributed by atoms with Gasteiger partial charge in [-0.1, -0.05) is 90.2 Å². The summed E-state index contributed by atoms with van der Waals surface area (Å²) < 4.78 is 0.511. The summed E-state index contributed by atoms with van der Waals surface area (Å²) in [5.74, 6) is -1.25. The zero-order valence-electron chi connectivity index (χ0n) is 19.6. The molecule has 10 heteroatoms.